The average Bonchev–Trinajstić information content (AvgIpc) is 2.98. The lowest BCUT2D eigenvalue weighted by molar-refractivity contribution is -0.263. The number of carboxylic acid groups (broad SMARTS) is 1. The topological polar surface area (TPSA) is 134 Å². The molecule has 3 saturated carbocycles. The number of fused-ring (bicyclic) bond motifs is 3. The Balaban J connectivity index is 1.51. The lowest BCUT2D eigenvalue weighted by Gasteiger charge is -2.71. The summed E-state index contributed by atoms with van der Waals surface area (Å²) in [5.74, 6) is -0.142. The fraction of sp³-hybridized carbons (Fsp3) is 0.892. The van der Waals surface area contributed by atoms with E-state index in [4.69, 9.17) is 25.7 Å². The van der Waals surface area contributed by atoms with E-state index >= 15 is 0 Å². The van der Waals surface area contributed by atoms with Gasteiger partial charge in [-0.05, 0) is 97.8 Å². The van der Waals surface area contributed by atoms with E-state index in [2.05, 4.69) is 54.5 Å². The number of esters is 1. The molecular weight excluding hydrogens is 568 g/mol. The van der Waals surface area contributed by atoms with Crippen LogP contribution in [0.4, 0.5) is 0 Å². The smallest absolute Gasteiger partial charge is 0.323 e. The number of carbonyl (C=O) groups is 2. The summed E-state index contributed by atoms with van der Waals surface area (Å²) in [6.45, 7) is 17.6. The lowest BCUT2D eigenvalue weighted by atomic mass is 9.34. The van der Waals surface area contributed by atoms with Gasteiger partial charge in [-0.1, -0.05) is 66.5 Å². The second-order valence-electron chi connectivity index (χ2n) is 17.1. The van der Waals surface area contributed by atoms with Crippen LogP contribution in [0.5, 0.6) is 0 Å². The zero-order valence-electron chi connectivity index (χ0n) is 29.3. The molecule has 5 rings (SSSR count). The van der Waals surface area contributed by atoms with Crippen LogP contribution in [-0.2, 0) is 23.8 Å². The van der Waals surface area contributed by atoms with E-state index in [1.54, 1.807) is 7.11 Å². The number of aliphatic carboxylic acids is 1. The van der Waals surface area contributed by atoms with Crippen LogP contribution in [0.1, 0.15) is 106 Å². The number of ether oxygens (including phenoxy) is 3. The highest BCUT2D eigenvalue weighted by atomic mass is 16.6. The van der Waals surface area contributed by atoms with Crippen molar-refractivity contribution in [2.24, 2.45) is 68.1 Å². The summed E-state index contributed by atoms with van der Waals surface area (Å²) in [5.41, 5.74) is 12.0. The van der Waals surface area contributed by atoms with Crippen molar-refractivity contribution in [3.05, 3.63) is 11.6 Å². The highest BCUT2D eigenvalue weighted by Gasteiger charge is 2.72. The number of nitrogens with two attached hydrogens (primary N) is 2. The molecule has 0 aromatic heterocycles. The van der Waals surface area contributed by atoms with Gasteiger partial charge in [-0.25, -0.2) is 0 Å². The van der Waals surface area contributed by atoms with Crippen molar-refractivity contribution in [2.45, 2.75) is 125 Å². The third-order valence-electron chi connectivity index (χ3n) is 14.9. The molecule has 0 aromatic rings. The van der Waals surface area contributed by atoms with E-state index in [0.29, 0.717) is 38.0 Å². The fourth-order valence-electron chi connectivity index (χ4n) is 11.8. The molecule has 1 aliphatic heterocycles. The molecule has 0 amide bonds. The van der Waals surface area contributed by atoms with Gasteiger partial charge in [0.05, 0.1) is 25.2 Å². The minimum absolute atomic E-state index is 0.147. The highest BCUT2D eigenvalue weighted by molar-refractivity contribution is 5.76. The predicted octanol–water partition coefficient (Wildman–Crippen LogP) is 5.96. The van der Waals surface area contributed by atoms with Gasteiger partial charge in [0.1, 0.15) is 12.1 Å². The molecule has 4 fully saturated rings. The second-order valence-corrected chi connectivity index (χ2v) is 17.1. The molecule has 8 heteroatoms. The van der Waals surface area contributed by atoms with Crippen LogP contribution in [0, 0.1) is 56.7 Å². The normalized spacial score (nSPS) is 45.4. The maximum absolute atomic E-state index is 13.3. The number of methoxy groups -OCH3 is 1. The van der Waals surface area contributed by atoms with E-state index in [1.807, 2.05) is 0 Å². The Morgan fingerprint density at radius 1 is 1.07 bits per heavy atom. The van der Waals surface area contributed by atoms with Gasteiger partial charge >= 0.3 is 11.9 Å². The Labute approximate surface area is 271 Å². The zero-order chi connectivity index (χ0) is 33.2. The molecule has 5 N–H and O–H groups in total. The van der Waals surface area contributed by atoms with Gasteiger partial charge in [-0.2, -0.15) is 0 Å². The Hall–Kier alpha value is -1.48. The molecule has 1 heterocycles. The zero-order valence-corrected chi connectivity index (χ0v) is 29.3. The molecule has 0 radical (unpaired) electrons. The van der Waals surface area contributed by atoms with Crippen LogP contribution in [0.3, 0.4) is 0 Å². The lowest BCUT2D eigenvalue weighted by Crippen LogP contribution is -2.70. The van der Waals surface area contributed by atoms with Crippen molar-refractivity contribution in [2.75, 3.05) is 26.9 Å². The monoisotopic (exact) mass is 630 g/mol. The Morgan fingerprint density at radius 2 is 1.78 bits per heavy atom. The summed E-state index contributed by atoms with van der Waals surface area (Å²) in [6.07, 6.45) is 9.35. The molecule has 1 saturated heterocycles. The number of allylic oxidation sites excluding steroid dienone is 1. The first-order valence-corrected chi connectivity index (χ1v) is 17.8. The first kappa shape index (κ1) is 34.8. The van der Waals surface area contributed by atoms with Crippen molar-refractivity contribution < 1.29 is 28.9 Å². The predicted molar refractivity (Wildman–Crippen MR) is 175 cm³/mol. The summed E-state index contributed by atoms with van der Waals surface area (Å²) in [5, 5.41) is 10.9. The Morgan fingerprint density at radius 3 is 2.40 bits per heavy atom. The highest BCUT2D eigenvalue weighted by Crippen LogP contribution is 2.75. The largest absolute Gasteiger partial charge is 0.481 e. The minimum Gasteiger partial charge on any atom is -0.481 e. The van der Waals surface area contributed by atoms with Gasteiger partial charge in [0.15, 0.2) is 0 Å². The molecule has 0 aromatic carbocycles. The van der Waals surface area contributed by atoms with Gasteiger partial charge in [0, 0.05) is 17.9 Å². The van der Waals surface area contributed by atoms with Crippen molar-refractivity contribution in [3.63, 3.8) is 0 Å². The quantitative estimate of drug-likeness (QED) is 0.153. The van der Waals surface area contributed by atoms with Gasteiger partial charge < -0.3 is 30.8 Å². The van der Waals surface area contributed by atoms with Crippen LogP contribution in [-0.4, -0.2) is 62.2 Å². The number of hydrogen-bond acceptors (Lipinski definition) is 7. The number of unbranched alkanes of at least 4 members (excludes halogenated alkanes) is 1. The summed E-state index contributed by atoms with van der Waals surface area (Å²) in [4.78, 5) is 26.6. The summed E-state index contributed by atoms with van der Waals surface area (Å²) < 4.78 is 19.0. The van der Waals surface area contributed by atoms with Crippen LogP contribution >= 0.6 is 0 Å². The molecule has 10 unspecified atom stereocenters. The molecule has 8 nitrogen and oxygen atoms in total. The maximum atomic E-state index is 13.3. The number of hydrogen-bond donors (Lipinski definition) is 3. The molecule has 12 atom stereocenters. The first-order chi connectivity index (χ1) is 21.1. The molecular formula is C37H62N2O6. The molecule has 2 bridgehead atoms. The SMILES string of the molecule is COC1CC23COCC(C)(C1OC(=O)C(N)CCCCN)[C@@H]2CCC1C3=CCC2(C)C(C(=O)O)C(C)([C@H](C)C(C)C)CCC12C. The number of carboxylic acids is 1. The van der Waals surface area contributed by atoms with Crippen molar-refractivity contribution in [1.29, 1.82) is 0 Å². The second kappa shape index (κ2) is 12.2. The van der Waals surface area contributed by atoms with Gasteiger partial charge in [-0.3, -0.25) is 9.59 Å². The third-order valence-corrected chi connectivity index (χ3v) is 14.9. The fourth-order valence-corrected chi connectivity index (χ4v) is 11.8. The summed E-state index contributed by atoms with van der Waals surface area (Å²) in [7, 11) is 1.73. The van der Waals surface area contributed by atoms with Crippen molar-refractivity contribution >= 4 is 11.9 Å². The van der Waals surface area contributed by atoms with Crippen LogP contribution in [0.2, 0.25) is 0 Å². The van der Waals surface area contributed by atoms with Crippen molar-refractivity contribution in [1.82, 2.24) is 0 Å². The Bertz CT molecular complexity index is 1170. The summed E-state index contributed by atoms with van der Waals surface area (Å²) >= 11 is 0. The third kappa shape index (κ3) is 5.05. The van der Waals surface area contributed by atoms with Gasteiger partial charge in [-0.15, -0.1) is 0 Å². The molecule has 45 heavy (non-hydrogen) atoms. The van der Waals surface area contributed by atoms with Crippen LogP contribution < -0.4 is 11.5 Å². The molecule has 256 valence electrons. The molecule has 4 aliphatic carbocycles. The standard InChI is InChI=1S/C37H62N2O6/c1-22(2)23(3)33(4)16-17-35(6)24-12-13-28-34(5)20-44-21-37(28,25(24)14-15-36(35,7)29(33)31(40)41)19-27(43-8)30(34)45-32(42)26(39)11-9-10-18-38/h14,22-24,26-30H,9-13,15-21,38-39H2,1-8H3,(H,40,41)/t23-,24?,26?,27?,28+,29?,30?,33?,34?,35?,36?,37?/m1/s1. The minimum atomic E-state index is -0.680. The molecule has 0 spiro atoms. The summed E-state index contributed by atoms with van der Waals surface area (Å²) in [6, 6.07) is -0.680. The molecule has 5 aliphatic rings. The Kier molecular flexibility index (Phi) is 9.44. The number of rotatable bonds is 10. The van der Waals surface area contributed by atoms with E-state index in [1.165, 1.54) is 5.57 Å². The van der Waals surface area contributed by atoms with E-state index in [9.17, 15) is 14.7 Å². The van der Waals surface area contributed by atoms with Crippen LogP contribution in [0.25, 0.3) is 0 Å². The van der Waals surface area contributed by atoms with E-state index in [-0.39, 0.29) is 45.6 Å². The van der Waals surface area contributed by atoms with Crippen LogP contribution in [0.15, 0.2) is 11.6 Å². The van der Waals surface area contributed by atoms with Gasteiger partial charge in [0.2, 0.25) is 0 Å². The van der Waals surface area contributed by atoms with E-state index in [0.717, 1.165) is 51.4 Å². The van der Waals surface area contributed by atoms with Crippen molar-refractivity contribution in [3.8, 4) is 0 Å². The maximum Gasteiger partial charge on any atom is 0.323 e. The van der Waals surface area contributed by atoms with Gasteiger partial charge in [0.25, 0.3) is 0 Å². The number of carbonyl (C=O) groups excluding carboxylic acids is 1. The average molecular weight is 631 g/mol. The first-order valence-electron chi connectivity index (χ1n) is 17.8. The van der Waals surface area contributed by atoms with E-state index < -0.39 is 29.4 Å².